The molecule has 0 saturated heterocycles. The van der Waals surface area contributed by atoms with Crippen LogP contribution in [0.2, 0.25) is 0 Å². The van der Waals surface area contributed by atoms with Crippen molar-refractivity contribution in [2.45, 2.75) is 13.5 Å². The lowest BCUT2D eigenvalue weighted by Gasteiger charge is -2.11. The van der Waals surface area contributed by atoms with E-state index in [0.29, 0.717) is 10.7 Å². The maximum Gasteiger partial charge on any atom is 0.337 e. The van der Waals surface area contributed by atoms with Gasteiger partial charge in [-0.05, 0) is 6.92 Å². The molecule has 6 nitrogen and oxygen atoms in total. The number of aliphatic hydroxyl groups excluding tert-OH is 1. The number of aromatic nitrogens is 2. The maximum atomic E-state index is 12.7. The smallest absolute Gasteiger partial charge is 0.337 e. The molecular weight excluding hydrogens is 316 g/mol. The number of rotatable bonds is 4. The number of fused-ring (bicyclic) bond motifs is 1. The highest BCUT2D eigenvalue weighted by molar-refractivity contribution is 7.17. The zero-order chi connectivity index (χ0) is 16.6. The molecule has 0 aliphatic rings. The Kier molecular flexibility index (Phi) is 3.97. The van der Waals surface area contributed by atoms with Crippen molar-refractivity contribution >= 4 is 27.5 Å². The van der Waals surface area contributed by atoms with Gasteiger partial charge in [0.15, 0.2) is 0 Å². The summed E-state index contributed by atoms with van der Waals surface area (Å²) in [5.74, 6) is -0.732. The highest BCUT2D eigenvalue weighted by Gasteiger charge is 2.20. The topological polar surface area (TPSA) is 92.4 Å². The van der Waals surface area contributed by atoms with Crippen LogP contribution in [0, 0.1) is 6.92 Å². The number of carbonyl (C=O) groups is 1. The fourth-order valence-electron chi connectivity index (χ4n) is 2.41. The second-order valence-electron chi connectivity index (χ2n) is 5.12. The Bertz CT molecular complexity index is 941. The third kappa shape index (κ3) is 2.64. The van der Waals surface area contributed by atoms with Crippen LogP contribution < -0.4 is 5.56 Å². The first-order chi connectivity index (χ1) is 11.0. The standard InChI is InChI=1S/C16H14N2O4S/c1-9-2-4-10(5-3-9)13-17-14-12(11(8-23-14)16(21)22)15(20)18(13)6-7-19/h2-5,8,19H,6-7H2,1H3,(H,21,22). The van der Waals surface area contributed by atoms with E-state index < -0.39 is 11.5 Å². The first-order valence-corrected chi connectivity index (χ1v) is 7.84. The monoisotopic (exact) mass is 330 g/mol. The van der Waals surface area contributed by atoms with Gasteiger partial charge in [0.1, 0.15) is 10.7 Å². The summed E-state index contributed by atoms with van der Waals surface area (Å²) in [5.41, 5.74) is 1.33. The van der Waals surface area contributed by atoms with Crippen LogP contribution in [0.25, 0.3) is 21.6 Å². The number of carboxylic acids is 1. The Morgan fingerprint density at radius 3 is 2.61 bits per heavy atom. The Morgan fingerprint density at radius 1 is 1.30 bits per heavy atom. The van der Waals surface area contributed by atoms with Gasteiger partial charge in [-0.1, -0.05) is 29.8 Å². The van der Waals surface area contributed by atoms with Crippen molar-refractivity contribution in [3.8, 4) is 11.4 Å². The number of benzene rings is 1. The average molecular weight is 330 g/mol. The Labute approximate surface area is 135 Å². The second-order valence-corrected chi connectivity index (χ2v) is 5.97. The lowest BCUT2D eigenvalue weighted by atomic mass is 10.1. The molecule has 0 saturated carbocycles. The van der Waals surface area contributed by atoms with Crippen molar-refractivity contribution in [2.24, 2.45) is 0 Å². The summed E-state index contributed by atoms with van der Waals surface area (Å²) in [6.45, 7) is 1.78. The van der Waals surface area contributed by atoms with Crippen LogP contribution in [0.1, 0.15) is 15.9 Å². The van der Waals surface area contributed by atoms with E-state index in [1.54, 1.807) is 0 Å². The maximum absolute atomic E-state index is 12.7. The average Bonchev–Trinajstić information content (AvgIpc) is 2.95. The Balaban J connectivity index is 2.34. The highest BCUT2D eigenvalue weighted by atomic mass is 32.1. The van der Waals surface area contributed by atoms with Gasteiger partial charge < -0.3 is 10.2 Å². The molecule has 0 spiro atoms. The molecule has 0 atom stereocenters. The van der Waals surface area contributed by atoms with Crippen LogP contribution in [0.3, 0.4) is 0 Å². The minimum Gasteiger partial charge on any atom is -0.478 e. The Morgan fingerprint density at radius 2 is 2.00 bits per heavy atom. The molecule has 0 aliphatic carbocycles. The third-order valence-corrected chi connectivity index (χ3v) is 4.43. The van der Waals surface area contributed by atoms with Gasteiger partial charge in [-0.3, -0.25) is 9.36 Å². The van der Waals surface area contributed by atoms with Gasteiger partial charge in [0.05, 0.1) is 24.1 Å². The van der Waals surface area contributed by atoms with Crippen molar-refractivity contribution in [3.63, 3.8) is 0 Å². The van der Waals surface area contributed by atoms with Crippen molar-refractivity contribution in [1.29, 1.82) is 0 Å². The van der Waals surface area contributed by atoms with Gasteiger partial charge in [0.2, 0.25) is 0 Å². The number of thiophene rings is 1. The van der Waals surface area contributed by atoms with E-state index in [2.05, 4.69) is 4.98 Å². The molecule has 7 heteroatoms. The molecule has 1 aromatic carbocycles. The lowest BCUT2D eigenvalue weighted by Crippen LogP contribution is -2.25. The molecule has 118 valence electrons. The van der Waals surface area contributed by atoms with Crippen LogP contribution in [-0.2, 0) is 6.54 Å². The molecule has 2 N–H and O–H groups in total. The first-order valence-electron chi connectivity index (χ1n) is 6.96. The molecule has 2 aromatic heterocycles. The van der Waals surface area contributed by atoms with Crippen molar-refractivity contribution < 1.29 is 15.0 Å². The quantitative estimate of drug-likeness (QED) is 0.764. The van der Waals surface area contributed by atoms with Crippen LogP contribution in [0.4, 0.5) is 0 Å². The third-order valence-electron chi connectivity index (χ3n) is 3.56. The van der Waals surface area contributed by atoms with Gasteiger partial charge in [-0.2, -0.15) is 0 Å². The predicted molar refractivity (Wildman–Crippen MR) is 88.1 cm³/mol. The number of carboxylic acid groups (broad SMARTS) is 1. The summed E-state index contributed by atoms with van der Waals surface area (Å²) in [5, 5.41) is 20.0. The number of nitrogens with zero attached hydrogens (tertiary/aromatic N) is 2. The van der Waals surface area contributed by atoms with E-state index in [0.717, 1.165) is 22.5 Å². The highest BCUT2D eigenvalue weighted by Crippen LogP contribution is 2.25. The van der Waals surface area contributed by atoms with E-state index >= 15 is 0 Å². The molecule has 23 heavy (non-hydrogen) atoms. The minimum absolute atomic E-state index is 0.0513. The van der Waals surface area contributed by atoms with Gasteiger partial charge in [0, 0.05) is 10.9 Å². The second kappa shape index (κ2) is 5.94. The molecule has 3 aromatic rings. The van der Waals surface area contributed by atoms with Crippen molar-refractivity contribution in [3.05, 3.63) is 51.1 Å². The van der Waals surface area contributed by atoms with Crippen LogP contribution in [0.5, 0.6) is 0 Å². The number of hydrogen-bond donors (Lipinski definition) is 2. The van der Waals surface area contributed by atoms with E-state index in [4.69, 9.17) is 0 Å². The normalized spacial score (nSPS) is 11.0. The number of aryl methyl sites for hydroxylation is 1. The zero-order valence-corrected chi connectivity index (χ0v) is 13.1. The van der Waals surface area contributed by atoms with Gasteiger partial charge in [0.25, 0.3) is 5.56 Å². The zero-order valence-electron chi connectivity index (χ0n) is 12.3. The molecule has 0 amide bonds. The number of hydrogen-bond acceptors (Lipinski definition) is 5. The number of aromatic carboxylic acids is 1. The summed E-state index contributed by atoms with van der Waals surface area (Å²) in [6.07, 6.45) is 0. The fraction of sp³-hybridized carbons (Fsp3) is 0.188. The van der Waals surface area contributed by atoms with E-state index in [-0.39, 0.29) is 24.1 Å². The molecule has 2 heterocycles. The van der Waals surface area contributed by atoms with Crippen LogP contribution in [-0.4, -0.2) is 32.3 Å². The molecule has 0 bridgehead atoms. The Hall–Kier alpha value is -2.51. The van der Waals surface area contributed by atoms with Gasteiger partial charge >= 0.3 is 5.97 Å². The van der Waals surface area contributed by atoms with Gasteiger partial charge in [-0.15, -0.1) is 11.3 Å². The van der Waals surface area contributed by atoms with E-state index in [1.165, 1.54) is 9.95 Å². The summed E-state index contributed by atoms with van der Waals surface area (Å²) >= 11 is 1.13. The molecule has 0 unspecified atom stereocenters. The van der Waals surface area contributed by atoms with E-state index in [1.807, 2.05) is 31.2 Å². The largest absolute Gasteiger partial charge is 0.478 e. The fourth-order valence-corrected chi connectivity index (χ4v) is 3.31. The molecular formula is C16H14N2O4S. The summed E-state index contributed by atoms with van der Waals surface area (Å²) in [7, 11) is 0. The predicted octanol–water partition coefficient (Wildman–Crippen LogP) is 2.12. The minimum atomic E-state index is -1.16. The van der Waals surface area contributed by atoms with Crippen LogP contribution in [0.15, 0.2) is 34.4 Å². The summed E-state index contributed by atoms with van der Waals surface area (Å²) in [6, 6.07) is 7.52. The molecule has 3 rings (SSSR count). The number of aliphatic hydroxyl groups is 1. The van der Waals surface area contributed by atoms with Crippen molar-refractivity contribution in [1.82, 2.24) is 9.55 Å². The SMILES string of the molecule is Cc1ccc(-c2nc3scc(C(=O)O)c3c(=O)n2CCO)cc1. The summed E-state index contributed by atoms with van der Waals surface area (Å²) in [4.78, 5) is 28.8. The van der Waals surface area contributed by atoms with Crippen LogP contribution >= 0.6 is 11.3 Å². The molecule has 0 fully saturated rings. The van der Waals surface area contributed by atoms with Crippen molar-refractivity contribution in [2.75, 3.05) is 6.61 Å². The molecule has 0 radical (unpaired) electrons. The van der Waals surface area contributed by atoms with E-state index in [9.17, 15) is 19.8 Å². The van der Waals surface area contributed by atoms with Gasteiger partial charge in [-0.25, -0.2) is 9.78 Å². The summed E-state index contributed by atoms with van der Waals surface area (Å²) < 4.78 is 1.33. The first kappa shape index (κ1) is 15.4. The molecule has 0 aliphatic heterocycles. The lowest BCUT2D eigenvalue weighted by molar-refractivity contribution is 0.0699.